The molecule has 4 rings (SSSR count). The second kappa shape index (κ2) is 7.17. The van der Waals surface area contributed by atoms with E-state index >= 15 is 0 Å². The number of amidine groups is 1. The molecule has 0 saturated carbocycles. The summed E-state index contributed by atoms with van der Waals surface area (Å²) in [7, 11) is 0. The van der Waals surface area contributed by atoms with Crippen LogP contribution in [0.4, 0.5) is 4.39 Å². The highest BCUT2D eigenvalue weighted by molar-refractivity contribution is 8.16. The largest absolute Gasteiger partial charge is 0.370 e. The summed E-state index contributed by atoms with van der Waals surface area (Å²) in [6.45, 7) is 3.41. The van der Waals surface area contributed by atoms with Crippen LogP contribution in [-0.2, 0) is 9.53 Å². The molecule has 0 unspecified atom stereocenters. The average molecular weight is 361 g/mol. The summed E-state index contributed by atoms with van der Waals surface area (Å²) in [6.07, 6.45) is 1.22. The number of benzene rings is 1. The van der Waals surface area contributed by atoms with E-state index in [2.05, 4.69) is 9.89 Å². The molecule has 1 atom stereocenters. The minimum absolute atomic E-state index is 0.106. The first-order valence-electron chi connectivity index (χ1n) is 8.53. The predicted octanol–water partition coefficient (Wildman–Crippen LogP) is 2.77. The number of hydrogen-bond acceptors (Lipinski definition) is 5. The van der Waals surface area contributed by atoms with Gasteiger partial charge in [-0.05, 0) is 29.5 Å². The van der Waals surface area contributed by atoms with Crippen molar-refractivity contribution in [3.8, 4) is 0 Å². The summed E-state index contributed by atoms with van der Waals surface area (Å²) in [5, 5.41) is 3.06. The molecule has 3 aliphatic rings. The van der Waals surface area contributed by atoms with Gasteiger partial charge in [-0.1, -0.05) is 23.9 Å². The van der Waals surface area contributed by atoms with Gasteiger partial charge < -0.3 is 14.5 Å². The van der Waals surface area contributed by atoms with Crippen LogP contribution in [0.1, 0.15) is 24.5 Å². The van der Waals surface area contributed by atoms with Crippen LogP contribution in [0.5, 0.6) is 0 Å². The Hall–Kier alpha value is -1.86. The number of carbonyl (C=O) groups excluding carboxylic acids is 1. The number of nitrogens with zero attached hydrogens (tertiary/aromatic N) is 3. The second-order valence-electron chi connectivity index (χ2n) is 6.32. The van der Waals surface area contributed by atoms with Crippen LogP contribution in [0.15, 0.2) is 40.4 Å². The maximum atomic E-state index is 13.1. The third-order valence-corrected chi connectivity index (χ3v) is 5.61. The molecule has 1 fully saturated rings. The van der Waals surface area contributed by atoms with Gasteiger partial charge in [0.1, 0.15) is 11.9 Å². The number of thioether (sulfide) groups is 1. The Kier molecular flexibility index (Phi) is 4.76. The van der Waals surface area contributed by atoms with Crippen molar-refractivity contribution in [1.29, 1.82) is 0 Å². The van der Waals surface area contributed by atoms with E-state index in [1.165, 1.54) is 12.1 Å². The van der Waals surface area contributed by atoms with E-state index in [0.717, 1.165) is 35.9 Å². The van der Waals surface area contributed by atoms with Crippen molar-refractivity contribution < 1.29 is 13.9 Å². The van der Waals surface area contributed by atoms with Gasteiger partial charge in [-0.15, -0.1) is 0 Å². The van der Waals surface area contributed by atoms with Crippen LogP contribution in [0.3, 0.4) is 0 Å². The van der Waals surface area contributed by atoms with Crippen LogP contribution in [0, 0.1) is 5.82 Å². The molecular formula is C18H20FN3O2S. The average Bonchev–Trinajstić information content (AvgIpc) is 3.05. The van der Waals surface area contributed by atoms with Gasteiger partial charge in [0.15, 0.2) is 5.17 Å². The molecule has 25 heavy (non-hydrogen) atoms. The summed E-state index contributed by atoms with van der Waals surface area (Å²) in [5.41, 5.74) is 1.94. The number of halogens is 1. The smallest absolute Gasteiger partial charge is 0.228 e. The molecule has 0 N–H and O–H groups in total. The molecule has 0 radical (unpaired) electrons. The highest BCUT2D eigenvalue weighted by atomic mass is 32.2. The van der Waals surface area contributed by atoms with E-state index in [0.29, 0.717) is 26.1 Å². The Labute approximate surface area is 150 Å². The maximum Gasteiger partial charge on any atom is 0.228 e. The normalized spacial score (nSPS) is 23.2. The lowest BCUT2D eigenvalue weighted by Crippen LogP contribution is -2.43. The molecule has 5 nitrogen and oxygen atoms in total. The summed E-state index contributed by atoms with van der Waals surface area (Å²) in [6, 6.07) is 6.30. The summed E-state index contributed by atoms with van der Waals surface area (Å²) in [4.78, 5) is 21.3. The fourth-order valence-electron chi connectivity index (χ4n) is 3.29. The van der Waals surface area contributed by atoms with Crippen molar-refractivity contribution in [1.82, 2.24) is 9.80 Å². The van der Waals surface area contributed by atoms with Crippen LogP contribution in [0.2, 0.25) is 0 Å². The zero-order valence-electron chi connectivity index (χ0n) is 13.9. The lowest BCUT2D eigenvalue weighted by atomic mass is 10.1. The van der Waals surface area contributed by atoms with Crippen LogP contribution >= 0.6 is 11.8 Å². The molecule has 3 heterocycles. The predicted molar refractivity (Wildman–Crippen MR) is 95.6 cm³/mol. The number of carbonyl (C=O) groups is 1. The Balaban J connectivity index is 1.39. The van der Waals surface area contributed by atoms with E-state index in [1.54, 1.807) is 23.9 Å². The van der Waals surface area contributed by atoms with E-state index in [4.69, 9.17) is 4.74 Å². The van der Waals surface area contributed by atoms with Gasteiger partial charge >= 0.3 is 0 Å². The van der Waals surface area contributed by atoms with Crippen molar-refractivity contribution in [3.05, 3.63) is 46.8 Å². The monoisotopic (exact) mass is 361 g/mol. The highest BCUT2D eigenvalue weighted by Crippen LogP contribution is 2.31. The van der Waals surface area contributed by atoms with Crippen LogP contribution in [-0.4, -0.2) is 53.7 Å². The van der Waals surface area contributed by atoms with Crippen molar-refractivity contribution in [3.63, 3.8) is 0 Å². The summed E-state index contributed by atoms with van der Waals surface area (Å²) in [5.74, 6) is -0.161. The molecule has 7 heteroatoms. The molecule has 0 aliphatic carbocycles. The van der Waals surface area contributed by atoms with E-state index in [-0.39, 0.29) is 17.8 Å². The van der Waals surface area contributed by atoms with Crippen molar-refractivity contribution in [2.24, 2.45) is 4.99 Å². The number of fused-ring (bicyclic) bond motifs is 1. The molecule has 1 saturated heterocycles. The van der Waals surface area contributed by atoms with Gasteiger partial charge in [0.05, 0.1) is 19.6 Å². The summed E-state index contributed by atoms with van der Waals surface area (Å²) >= 11 is 1.60. The Morgan fingerprint density at radius 2 is 2.16 bits per heavy atom. The number of amides is 1. The maximum absolute atomic E-state index is 13.1. The molecule has 0 aromatic heterocycles. The van der Waals surface area contributed by atoms with E-state index in [1.807, 2.05) is 10.3 Å². The quantitative estimate of drug-likeness (QED) is 0.831. The highest BCUT2D eigenvalue weighted by Gasteiger charge is 2.30. The van der Waals surface area contributed by atoms with E-state index < -0.39 is 0 Å². The second-order valence-corrected chi connectivity index (χ2v) is 7.16. The fourth-order valence-corrected chi connectivity index (χ4v) is 4.25. The molecule has 1 amide bonds. The first-order valence-corrected chi connectivity index (χ1v) is 9.41. The minimum atomic E-state index is -0.267. The Morgan fingerprint density at radius 3 is 3.00 bits per heavy atom. The van der Waals surface area contributed by atoms with Crippen molar-refractivity contribution in [2.45, 2.75) is 18.9 Å². The third kappa shape index (κ3) is 3.57. The SMILES string of the molecule is O=C(CC1=CSC2=NCCCN12)N1CCO[C@@H](c2ccc(F)cc2)C1. The standard InChI is InChI=1S/C18H20FN3O2S/c19-14-4-2-13(3-5-14)16-11-21(8-9-24-16)17(23)10-15-12-25-18-20-6-1-7-22(15)18/h2-5,12,16H,1,6-11H2/t16-/m1/s1. The van der Waals surface area contributed by atoms with Gasteiger partial charge in [-0.3, -0.25) is 9.79 Å². The number of rotatable bonds is 3. The number of morpholine rings is 1. The lowest BCUT2D eigenvalue weighted by Gasteiger charge is -2.34. The van der Waals surface area contributed by atoms with Crippen LogP contribution in [0.25, 0.3) is 0 Å². The molecule has 1 aromatic rings. The van der Waals surface area contributed by atoms with Gasteiger partial charge in [-0.2, -0.15) is 0 Å². The van der Waals surface area contributed by atoms with Crippen molar-refractivity contribution in [2.75, 3.05) is 32.8 Å². The molecule has 132 valence electrons. The lowest BCUT2D eigenvalue weighted by molar-refractivity contribution is -0.138. The van der Waals surface area contributed by atoms with Crippen LogP contribution < -0.4 is 0 Å². The van der Waals surface area contributed by atoms with Crippen molar-refractivity contribution >= 4 is 22.8 Å². The Bertz CT molecular complexity index is 720. The van der Waals surface area contributed by atoms with Gasteiger partial charge in [0.25, 0.3) is 0 Å². The molecule has 0 bridgehead atoms. The van der Waals surface area contributed by atoms with Gasteiger partial charge in [0.2, 0.25) is 5.91 Å². The summed E-state index contributed by atoms with van der Waals surface area (Å²) < 4.78 is 18.9. The zero-order valence-corrected chi connectivity index (χ0v) is 14.7. The van der Waals surface area contributed by atoms with Gasteiger partial charge in [-0.25, -0.2) is 4.39 Å². The molecular weight excluding hydrogens is 341 g/mol. The van der Waals surface area contributed by atoms with Gasteiger partial charge in [0, 0.05) is 25.3 Å². The number of ether oxygens (including phenoxy) is 1. The number of aliphatic imine (C=N–C) groups is 1. The molecule has 1 aromatic carbocycles. The fraction of sp³-hybridized carbons (Fsp3) is 0.444. The molecule has 3 aliphatic heterocycles. The topological polar surface area (TPSA) is 45.1 Å². The third-order valence-electron chi connectivity index (χ3n) is 4.66. The number of hydrogen-bond donors (Lipinski definition) is 0. The van der Waals surface area contributed by atoms with E-state index in [9.17, 15) is 9.18 Å². The Morgan fingerprint density at radius 1 is 1.32 bits per heavy atom. The first kappa shape index (κ1) is 16.6. The zero-order chi connectivity index (χ0) is 17.2. The first-order chi connectivity index (χ1) is 12.2. The minimum Gasteiger partial charge on any atom is -0.370 e. The molecule has 0 spiro atoms.